The van der Waals surface area contributed by atoms with Gasteiger partial charge in [0.2, 0.25) is 0 Å². The molecule has 0 bridgehead atoms. The number of hydrogen-bond donors (Lipinski definition) is 1. The Morgan fingerprint density at radius 2 is 1.90 bits per heavy atom. The number of hydrogen-bond acceptors (Lipinski definition) is 2. The fraction of sp³-hybridized carbons (Fsp3) is 0.471. The molecule has 2 atom stereocenters. The Balaban J connectivity index is 1.46. The summed E-state index contributed by atoms with van der Waals surface area (Å²) < 4.78 is 5.44. The van der Waals surface area contributed by atoms with Crippen LogP contribution in [0.25, 0.3) is 6.08 Å². The van der Waals surface area contributed by atoms with E-state index in [0.29, 0.717) is 6.04 Å². The minimum absolute atomic E-state index is 0.0552. The van der Waals surface area contributed by atoms with Crippen LogP contribution in [0.5, 0.6) is 0 Å². The van der Waals surface area contributed by atoms with Crippen molar-refractivity contribution in [2.75, 3.05) is 0 Å². The van der Waals surface area contributed by atoms with Crippen molar-refractivity contribution in [2.24, 2.45) is 0 Å². The monoisotopic (exact) mass is 271 g/mol. The summed E-state index contributed by atoms with van der Waals surface area (Å²) >= 11 is 0. The van der Waals surface area contributed by atoms with E-state index in [1.165, 1.54) is 19.3 Å². The molecule has 3 nitrogen and oxygen atoms in total. The lowest BCUT2D eigenvalue weighted by atomic mass is 9.95. The van der Waals surface area contributed by atoms with E-state index in [1.807, 2.05) is 42.5 Å². The smallest absolute Gasteiger partial charge is 0.252 e. The first-order valence-electron chi connectivity index (χ1n) is 7.52. The number of benzene rings is 1. The van der Waals surface area contributed by atoms with Gasteiger partial charge >= 0.3 is 0 Å². The number of ether oxygens (including phenoxy) is 1. The highest BCUT2D eigenvalue weighted by atomic mass is 16.6. The van der Waals surface area contributed by atoms with Crippen LogP contribution < -0.4 is 5.32 Å². The van der Waals surface area contributed by atoms with Crippen LogP contribution in [0.3, 0.4) is 0 Å². The molecule has 1 saturated carbocycles. The van der Waals surface area contributed by atoms with E-state index in [9.17, 15) is 4.79 Å². The Morgan fingerprint density at radius 1 is 1.15 bits per heavy atom. The first-order valence-corrected chi connectivity index (χ1v) is 7.52. The van der Waals surface area contributed by atoms with E-state index in [2.05, 4.69) is 5.32 Å². The predicted molar refractivity (Wildman–Crippen MR) is 79.2 cm³/mol. The molecule has 20 heavy (non-hydrogen) atoms. The van der Waals surface area contributed by atoms with E-state index in [0.717, 1.165) is 18.4 Å². The third-order valence-corrected chi connectivity index (χ3v) is 4.01. The Kier molecular flexibility index (Phi) is 4.16. The lowest BCUT2D eigenvalue weighted by Crippen LogP contribution is -2.39. The second kappa shape index (κ2) is 6.23. The van der Waals surface area contributed by atoms with Crippen molar-refractivity contribution in [3.63, 3.8) is 0 Å². The second-order valence-corrected chi connectivity index (χ2v) is 5.63. The van der Waals surface area contributed by atoms with Crippen molar-refractivity contribution < 1.29 is 9.53 Å². The van der Waals surface area contributed by atoms with Gasteiger partial charge in [-0.1, -0.05) is 61.7 Å². The highest BCUT2D eigenvalue weighted by Crippen LogP contribution is 2.25. The second-order valence-electron chi connectivity index (χ2n) is 5.63. The van der Waals surface area contributed by atoms with Gasteiger partial charge in [-0.25, -0.2) is 0 Å². The van der Waals surface area contributed by atoms with Crippen LogP contribution in [-0.4, -0.2) is 24.2 Å². The summed E-state index contributed by atoms with van der Waals surface area (Å²) in [6.45, 7) is 0. The standard InChI is InChI=1S/C17H21NO2/c19-17(18-14-9-5-2-6-10-14)16-15(20-16)12-11-13-7-3-1-4-8-13/h1,3-4,7-8,11-12,14-16H,2,5-6,9-10H2,(H,18,19)/b12-11+/t15-,16-/m0/s1. The zero-order chi connectivity index (χ0) is 13.8. The Labute approximate surface area is 120 Å². The van der Waals surface area contributed by atoms with Gasteiger partial charge in [-0.2, -0.15) is 0 Å². The normalized spacial score (nSPS) is 26.6. The van der Waals surface area contributed by atoms with Crippen LogP contribution in [0.15, 0.2) is 36.4 Å². The van der Waals surface area contributed by atoms with Gasteiger partial charge < -0.3 is 10.1 Å². The molecule has 1 N–H and O–H groups in total. The number of carbonyl (C=O) groups excluding carboxylic acids is 1. The van der Waals surface area contributed by atoms with Gasteiger partial charge in [0.1, 0.15) is 6.10 Å². The van der Waals surface area contributed by atoms with E-state index in [1.54, 1.807) is 0 Å². The molecule has 1 aliphatic carbocycles. The van der Waals surface area contributed by atoms with Gasteiger partial charge in [-0.3, -0.25) is 4.79 Å². The fourth-order valence-electron chi connectivity index (χ4n) is 2.78. The Hall–Kier alpha value is -1.61. The summed E-state index contributed by atoms with van der Waals surface area (Å²) in [5, 5.41) is 3.11. The van der Waals surface area contributed by atoms with Crippen molar-refractivity contribution in [1.82, 2.24) is 5.32 Å². The van der Waals surface area contributed by atoms with E-state index in [-0.39, 0.29) is 18.1 Å². The molecule has 0 unspecified atom stereocenters. The molecule has 0 radical (unpaired) electrons. The minimum Gasteiger partial charge on any atom is -0.355 e. The molecule has 0 aromatic heterocycles. The SMILES string of the molecule is O=C(NC1CCCCC1)[C@H]1O[C@H]1/C=C/c1ccccc1. The van der Waals surface area contributed by atoms with E-state index >= 15 is 0 Å². The first kappa shape index (κ1) is 13.4. The molecule has 3 heteroatoms. The van der Waals surface area contributed by atoms with Crippen molar-refractivity contribution in [3.8, 4) is 0 Å². The van der Waals surface area contributed by atoms with Gasteiger partial charge in [0.05, 0.1) is 0 Å². The number of amides is 1. The lowest BCUT2D eigenvalue weighted by molar-refractivity contribution is -0.123. The minimum atomic E-state index is -0.281. The topological polar surface area (TPSA) is 41.6 Å². The number of epoxide rings is 1. The largest absolute Gasteiger partial charge is 0.355 e. The third-order valence-electron chi connectivity index (χ3n) is 4.01. The maximum Gasteiger partial charge on any atom is 0.252 e. The molecular formula is C17H21NO2. The van der Waals surface area contributed by atoms with Crippen LogP contribution in [0, 0.1) is 0 Å². The number of rotatable bonds is 4. The molecule has 106 valence electrons. The van der Waals surface area contributed by atoms with Crippen LogP contribution in [-0.2, 0) is 9.53 Å². The molecule has 1 aromatic rings. The Bertz CT molecular complexity index is 477. The zero-order valence-corrected chi connectivity index (χ0v) is 11.6. The average molecular weight is 271 g/mol. The summed E-state index contributed by atoms with van der Waals surface area (Å²) in [7, 11) is 0. The van der Waals surface area contributed by atoms with Crippen molar-refractivity contribution >= 4 is 12.0 Å². The number of nitrogens with one attached hydrogen (secondary N) is 1. The maximum atomic E-state index is 12.0. The first-order chi connectivity index (χ1) is 9.83. The molecule has 1 aromatic carbocycles. The van der Waals surface area contributed by atoms with Crippen molar-refractivity contribution in [2.45, 2.75) is 50.4 Å². The maximum absolute atomic E-state index is 12.0. The van der Waals surface area contributed by atoms with Gasteiger partial charge in [0.25, 0.3) is 5.91 Å². The molecule has 1 aliphatic heterocycles. The Morgan fingerprint density at radius 3 is 2.65 bits per heavy atom. The summed E-state index contributed by atoms with van der Waals surface area (Å²) in [6, 6.07) is 10.4. The van der Waals surface area contributed by atoms with Gasteiger partial charge in [0, 0.05) is 6.04 Å². The van der Waals surface area contributed by atoms with Crippen LogP contribution in [0.2, 0.25) is 0 Å². The van der Waals surface area contributed by atoms with E-state index in [4.69, 9.17) is 4.74 Å². The molecule has 2 aliphatic rings. The van der Waals surface area contributed by atoms with Crippen molar-refractivity contribution in [1.29, 1.82) is 0 Å². The van der Waals surface area contributed by atoms with Gasteiger partial charge in [-0.15, -0.1) is 0 Å². The quantitative estimate of drug-likeness (QED) is 0.855. The molecule has 1 heterocycles. The average Bonchev–Trinajstić information content (AvgIpc) is 3.27. The molecule has 0 spiro atoms. The molecule has 3 rings (SSSR count). The molecule has 2 fully saturated rings. The highest BCUT2D eigenvalue weighted by Gasteiger charge is 2.43. The summed E-state index contributed by atoms with van der Waals surface area (Å²) in [6.07, 6.45) is 9.64. The summed E-state index contributed by atoms with van der Waals surface area (Å²) in [4.78, 5) is 12.0. The summed E-state index contributed by atoms with van der Waals surface area (Å²) in [5.41, 5.74) is 1.13. The third kappa shape index (κ3) is 3.48. The zero-order valence-electron chi connectivity index (χ0n) is 11.6. The van der Waals surface area contributed by atoms with E-state index < -0.39 is 0 Å². The highest BCUT2D eigenvalue weighted by molar-refractivity contribution is 5.84. The van der Waals surface area contributed by atoms with Crippen molar-refractivity contribution in [3.05, 3.63) is 42.0 Å². The van der Waals surface area contributed by atoms with Crippen LogP contribution in [0.1, 0.15) is 37.7 Å². The van der Waals surface area contributed by atoms with Gasteiger partial charge in [-0.05, 0) is 18.4 Å². The van der Waals surface area contributed by atoms with Crippen LogP contribution >= 0.6 is 0 Å². The molecular weight excluding hydrogens is 250 g/mol. The lowest BCUT2D eigenvalue weighted by Gasteiger charge is -2.22. The van der Waals surface area contributed by atoms with Gasteiger partial charge in [0.15, 0.2) is 6.10 Å². The molecule has 1 amide bonds. The fourth-order valence-corrected chi connectivity index (χ4v) is 2.78. The molecule has 1 saturated heterocycles. The predicted octanol–water partition coefficient (Wildman–Crippen LogP) is 2.92. The van der Waals surface area contributed by atoms with Crippen LogP contribution in [0.4, 0.5) is 0 Å². The number of carbonyl (C=O) groups is 1. The summed E-state index contributed by atoms with van der Waals surface area (Å²) in [5.74, 6) is 0.0552.